The molecule has 1 aliphatic heterocycles. The third-order valence-corrected chi connectivity index (χ3v) is 4.46. The SMILES string of the molecule is O=C(Nc1ccc(F)cc1)N1CC[NH+](CCc2ccccc2)CC1. The highest BCUT2D eigenvalue weighted by molar-refractivity contribution is 5.89. The summed E-state index contributed by atoms with van der Waals surface area (Å²) in [5.74, 6) is -0.302. The van der Waals surface area contributed by atoms with Crippen LogP contribution in [0.1, 0.15) is 5.56 Å². The van der Waals surface area contributed by atoms with Crippen LogP contribution in [-0.4, -0.2) is 43.7 Å². The molecule has 0 spiro atoms. The number of anilines is 1. The van der Waals surface area contributed by atoms with Gasteiger partial charge in [0, 0.05) is 12.1 Å². The summed E-state index contributed by atoms with van der Waals surface area (Å²) < 4.78 is 12.9. The average molecular weight is 328 g/mol. The van der Waals surface area contributed by atoms with Crippen molar-refractivity contribution in [2.45, 2.75) is 6.42 Å². The molecule has 2 N–H and O–H groups in total. The van der Waals surface area contributed by atoms with Crippen LogP contribution in [0.25, 0.3) is 0 Å². The van der Waals surface area contributed by atoms with Crippen LogP contribution in [0, 0.1) is 5.82 Å². The molecule has 0 atom stereocenters. The fourth-order valence-electron chi connectivity index (χ4n) is 2.98. The van der Waals surface area contributed by atoms with Crippen molar-refractivity contribution in [3.05, 3.63) is 66.0 Å². The predicted molar refractivity (Wildman–Crippen MR) is 92.7 cm³/mol. The highest BCUT2D eigenvalue weighted by Crippen LogP contribution is 2.09. The molecule has 3 rings (SSSR count). The van der Waals surface area contributed by atoms with Gasteiger partial charge in [0.2, 0.25) is 0 Å². The smallest absolute Gasteiger partial charge is 0.322 e. The number of carbonyl (C=O) groups is 1. The molecular weight excluding hydrogens is 305 g/mol. The first-order chi connectivity index (χ1) is 11.7. The topological polar surface area (TPSA) is 36.8 Å². The Morgan fingerprint density at radius 2 is 1.71 bits per heavy atom. The van der Waals surface area contributed by atoms with Crippen LogP contribution in [0.4, 0.5) is 14.9 Å². The Labute approximate surface area is 141 Å². The number of hydrogen-bond donors (Lipinski definition) is 2. The van der Waals surface area contributed by atoms with Crippen LogP contribution in [-0.2, 0) is 6.42 Å². The van der Waals surface area contributed by atoms with Crippen LogP contribution in [0.2, 0.25) is 0 Å². The number of hydrogen-bond acceptors (Lipinski definition) is 1. The molecule has 0 bridgehead atoms. The van der Waals surface area contributed by atoms with E-state index < -0.39 is 0 Å². The maximum absolute atomic E-state index is 12.9. The molecule has 4 nitrogen and oxygen atoms in total. The van der Waals surface area contributed by atoms with Gasteiger partial charge in [-0.15, -0.1) is 0 Å². The number of urea groups is 1. The van der Waals surface area contributed by atoms with E-state index in [4.69, 9.17) is 0 Å². The summed E-state index contributed by atoms with van der Waals surface area (Å²) in [6.45, 7) is 4.51. The number of halogens is 1. The van der Waals surface area contributed by atoms with Crippen LogP contribution in [0.5, 0.6) is 0 Å². The molecule has 24 heavy (non-hydrogen) atoms. The maximum atomic E-state index is 12.9. The maximum Gasteiger partial charge on any atom is 0.322 e. The number of amides is 2. The molecule has 0 aliphatic carbocycles. The zero-order valence-corrected chi connectivity index (χ0v) is 13.7. The van der Waals surface area contributed by atoms with Gasteiger partial charge in [0.15, 0.2) is 0 Å². The Hall–Kier alpha value is -2.40. The van der Waals surface area contributed by atoms with E-state index >= 15 is 0 Å². The van der Waals surface area contributed by atoms with Crippen LogP contribution in [0.3, 0.4) is 0 Å². The third kappa shape index (κ3) is 4.55. The van der Waals surface area contributed by atoms with Crippen molar-refractivity contribution in [1.29, 1.82) is 0 Å². The molecule has 1 aliphatic rings. The first-order valence-electron chi connectivity index (χ1n) is 8.40. The molecule has 0 aromatic heterocycles. The largest absolute Gasteiger partial charge is 0.332 e. The average Bonchev–Trinajstić information content (AvgIpc) is 2.63. The number of carbonyl (C=O) groups excluding carboxylic acids is 1. The minimum absolute atomic E-state index is 0.108. The van der Waals surface area contributed by atoms with Crippen LogP contribution >= 0.6 is 0 Å². The first kappa shape index (κ1) is 16.5. The summed E-state index contributed by atoms with van der Waals surface area (Å²) in [6, 6.07) is 16.2. The number of benzene rings is 2. The quantitative estimate of drug-likeness (QED) is 0.882. The third-order valence-electron chi connectivity index (χ3n) is 4.46. The molecule has 1 saturated heterocycles. The van der Waals surface area contributed by atoms with E-state index in [1.165, 1.54) is 22.6 Å². The van der Waals surface area contributed by atoms with Crippen molar-refractivity contribution in [2.24, 2.45) is 0 Å². The lowest BCUT2D eigenvalue weighted by atomic mass is 10.1. The minimum Gasteiger partial charge on any atom is -0.332 e. The Morgan fingerprint density at radius 3 is 2.38 bits per heavy atom. The fraction of sp³-hybridized carbons (Fsp3) is 0.316. The first-order valence-corrected chi connectivity index (χ1v) is 8.40. The minimum atomic E-state index is -0.302. The zero-order valence-electron chi connectivity index (χ0n) is 13.7. The Kier molecular flexibility index (Phi) is 5.43. The monoisotopic (exact) mass is 328 g/mol. The summed E-state index contributed by atoms with van der Waals surface area (Å²) in [6.07, 6.45) is 1.07. The summed E-state index contributed by atoms with van der Waals surface area (Å²) >= 11 is 0. The van der Waals surface area contributed by atoms with Crippen LogP contribution in [0.15, 0.2) is 54.6 Å². The zero-order chi connectivity index (χ0) is 16.8. The van der Waals surface area contributed by atoms with E-state index in [1.54, 1.807) is 12.1 Å². The van der Waals surface area contributed by atoms with Crippen LogP contribution < -0.4 is 10.2 Å². The van der Waals surface area contributed by atoms with Crippen molar-refractivity contribution in [3.63, 3.8) is 0 Å². The molecular formula is C19H23FN3O+. The second-order valence-electron chi connectivity index (χ2n) is 6.16. The van der Waals surface area contributed by atoms with E-state index in [1.807, 2.05) is 11.0 Å². The number of quaternary nitrogens is 1. The van der Waals surface area contributed by atoms with Gasteiger partial charge >= 0.3 is 6.03 Å². The molecule has 5 heteroatoms. The molecule has 126 valence electrons. The number of piperazine rings is 1. The highest BCUT2D eigenvalue weighted by atomic mass is 19.1. The number of rotatable bonds is 4. The lowest BCUT2D eigenvalue weighted by Crippen LogP contribution is -3.15. The van der Waals surface area contributed by atoms with E-state index in [0.29, 0.717) is 5.69 Å². The van der Waals surface area contributed by atoms with Gasteiger partial charge < -0.3 is 15.1 Å². The van der Waals surface area contributed by atoms with Crippen molar-refractivity contribution in [3.8, 4) is 0 Å². The molecule has 2 aromatic carbocycles. The second kappa shape index (κ2) is 7.93. The lowest BCUT2D eigenvalue weighted by molar-refractivity contribution is -0.903. The van der Waals surface area contributed by atoms with E-state index in [9.17, 15) is 9.18 Å². The van der Waals surface area contributed by atoms with Crippen molar-refractivity contribution in [1.82, 2.24) is 4.90 Å². The number of nitrogens with one attached hydrogen (secondary N) is 2. The van der Waals surface area contributed by atoms with Crippen molar-refractivity contribution >= 4 is 11.7 Å². The van der Waals surface area contributed by atoms with Gasteiger partial charge in [-0.25, -0.2) is 9.18 Å². The molecule has 1 fully saturated rings. The molecule has 1 heterocycles. The summed E-state index contributed by atoms with van der Waals surface area (Å²) in [5, 5.41) is 2.82. The number of nitrogens with zero attached hydrogens (tertiary/aromatic N) is 1. The summed E-state index contributed by atoms with van der Waals surface area (Å²) in [5.41, 5.74) is 1.99. The Morgan fingerprint density at radius 1 is 1.04 bits per heavy atom. The fourth-order valence-corrected chi connectivity index (χ4v) is 2.98. The van der Waals surface area contributed by atoms with Gasteiger partial charge in [-0.3, -0.25) is 0 Å². The van der Waals surface area contributed by atoms with Gasteiger partial charge in [0.05, 0.1) is 32.7 Å². The molecule has 2 amide bonds. The second-order valence-corrected chi connectivity index (χ2v) is 6.16. The van der Waals surface area contributed by atoms with Gasteiger partial charge in [0.25, 0.3) is 0 Å². The van der Waals surface area contributed by atoms with Gasteiger partial charge in [-0.1, -0.05) is 30.3 Å². The van der Waals surface area contributed by atoms with Gasteiger partial charge in [0.1, 0.15) is 5.82 Å². The van der Waals surface area contributed by atoms with Crippen molar-refractivity contribution in [2.75, 3.05) is 38.0 Å². The Bertz CT molecular complexity index is 652. The summed E-state index contributed by atoms with van der Waals surface area (Å²) in [4.78, 5) is 15.6. The predicted octanol–water partition coefficient (Wildman–Crippen LogP) is 1.80. The summed E-state index contributed by atoms with van der Waals surface area (Å²) in [7, 11) is 0. The molecule has 0 unspecified atom stereocenters. The normalized spacial score (nSPS) is 15.3. The van der Waals surface area contributed by atoms with Gasteiger partial charge in [-0.2, -0.15) is 0 Å². The molecule has 2 aromatic rings. The van der Waals surface area contributed by atoms with E-state index in [2.05, 4.69) is 29.6 Å². The van der Waals surface area contributed by atoms with E-state index in [-0.39, 0.29) is 11.8 Å². The highest BCUT2D eigenvalue weighted by Gasteiger charge is 2.23. The molecule has 0 radical (unpaired) electrons. The Balaban J connectivity index is 1.42. The lowest BCUT2D eigenvalue weighted by Gasteiger charge is -2.32. The van der Waals surface area contributed by atoms with Crippen molar-refractivity contribution < 1.29 is 14.1 Å². The molecule has 0 saturated carbocycles. The standard InChI is InChI=1S/C19H22FN3O/c20-17-6-8-18(9-7-17)21-19(24)23-14-12-22(13-15-23)11-10-16-4-2-1-3-5-16/h1-9H,10-15H2,(H,21,24)/p+1. The van der Waals surface area contributed by atoms with E-state index in [0.717, 1.165) is 39.1 Å². The van der Waals surface area contributed by atoms with Gasteiger partial charge in [-0.05, 0) is 29.8 Å².